The van der Waals surface area contributed by atoms with Gasteiger partial charge in [-0.25, -0.2) is 9.67 Å². The van der Waals surface area contributed by atoms with Crippen LogP contribution >= 0.6 is 0 Å². The number of nitrogens with zero attached hydrogens (tertiary/aromatic N) is 3. The molecule has 1 N–H and O–H groups in total. The van der Waals surface area contributed by atoms with Crippen LogP contribution in [-0.2, 0) is 4.79 Å². The predicted molar refractivity (Wildman–Crippen MR) is 93.8 cm³/mol. The van der Waals surface area contributed by atoms with Crippen LogP contribution in [-0.4, -0.2) is 20.7 Å². The standard InChI is InChI=1S/C19H24N4O/c1-14(22-19(24)12-16-8-4-3-5-9-16)17-13-21-23(15(17)2)18-10-6-7-11-20-18/h6-8,10-11,13-14H,3-5,9,12H2,1-2H3,(H,22,24). The van der Waals surface area contributed by atoms with E-state index in [0.29, 0.717) is 6.42 Å². The quantitative estimate of drug-likeness (QED) is 0.854. The Morgan fingerprint density at radius 2 is 2.25 bits per heavy atom. The van der Waals surface area contributed by atoms with Gasteiger partial charge in [0.2, 0.25) is 5.91 Å². The highest BCUT2D eigenvalue weighted by Crippen LogP contribution is 2.22. The van der Waals surface area contributed by atoms with E-state index in [-0.39, 0.29) is 11.9 Å². The molecule has 2 heterocycles. The Balaban J connectivity index is 1.67. The molecule has 0 radical (unpaired) electrons. The summed E-state index contributed by atoms with van der Waals surface area (Å²) in [5.74, 6) is 0.868. The normalized spacial score (nSPS) is 15.7. The molecule has 1 atom stereocenters. The Bertz CT molecular complexity index is 733. The first-order valence-corrected chi connectivity index (χ1v) is 8.58. The predicted octanol–water partition coefficient (Wildman–Crippen LogP) is 3.64. The highest BCUT2D eigenvalue weighted by Gasteiger charge is 2.17. The lowest BCUT2D eigenvalue weighted by Crippen LogP contribution is -2.27. The van der Waals surface area contributed by atoms with E-state index in [4.69, 9.17) is 0 Å². The first-order valence-electron chi connectivity index (χ1n) is 8.58. The molecule has 5 nitrogen and oxygen atoms in total. The fourth-order valence-corrected chi connectivity index (χ4v) is 3.20. The number of hydrogen-bond donors (Lipinski definition) is 1. The van der Waals surface area contributed by atoms with Crippen molar-refractivity contribution >= 4 is 5.91 Å². The number of rotatable bonds is 5. The van der Waals surface area contributed by atoms with E-state index < -0.39 is 0 Å². The topological polar surface area (TPSA) is 59.8 Å². The summed E-state index contributed by atoms with van der Waals surface area (Å²) in [4.78, 5) is 16.6. The highest BCUT2D eigenvalue weighted by atomic mass is 16.1. The van der Waals surface area contributed by atoms with Gasteiger partial charge in [0.1, 0.15) is 0 Å². The zero-order valence-electron chi connectivity index (χ0n) is 14.3. The molecule has 2 aromatic heterocycles. The largest absolute Gasteiger partial charge is 0.349 e. The number of carbonyl (C=O) groups excluding carboxylic acids is 1. The SMILES string of the molecule is Cc1c(C(C)NC(=O)CC2=CCCCC2)cnn1-c1ccccn1. The molecule has 0 bridgehead atoms. The zero-order valence-corrected chi connectivity index (χ0v) is 14.3. The van der Waals surface area contributed by atoms with Crippen LogP contribution in [0.2, 0.25) is 0 Å². The van der Waals surface area contributed by atoms with Crippen LogP contribution in [0.25, 0.3) is 5.82 Å². The van der Waals surface area contributed by atoms with Gasteiger partial charge in [0, 0.05) is 23.9 Å². The summed E-state index contributed by atoms with van der Waals surface area (Å²) in [6, 6.07) is 5.67. The Morgan fingerprint density at radius 1 is 1.38 bits per heavy atom. The average molecular weight is 324 g/mol. The lowest BCUT2D eigenvalue weighted by Gasteiger charge is -2.16. The van der Waals surface area contributed by atoms with Gasteiger partial charge in [0.05, 0.1) is 12.2 Å². The molecule has 1 aliphatic rings. The number of hydrogen-bond acceptors (Lipinski definition) is 3. The van der Waals surface area contributed by atoms with Gasteiger partial charge in [-0.05, 0) is 51.7 Å². The van der Waals surface area contributed by atoms with E-state index in [9.17, 15) is 4.79 Å². The summed E-state index contributed by atoms with van der Waals surface area (Å²) >= 11 is 0. The summed E-state index contributed by atoms with van der Waals surface area (Å²) in [7, 11) is 0. The van der Waals surface area contributed by atoms with Gasteiger partial charge in [-0.15, -0.1) is 0 Å². The Kier molecular flexibility index (Phi) is 5.08. The molecule has 0 saturated heterocycles. The van der Waals surface area contributed by atoms with E-state index in [1.54, 1.807) is 6.20 Å². The van der Waals surface area contributed by atoms with E-state index in [2.05, 4.69) is 21.5 Å². The molecule has 24 heavy (non-hydrogen) atoms. The van der Waals surface area contributed by atoms with Gasteiger partial charge in [-0.2, -0.15) is 5.10 Å². The minimum Gasteiger partial charge on any atom is -0.349 e. The van der Waals surface area contributed by atoms with Gasteiger partial charge >= 0.3 is 0 Å². The second-order valence-electron chi connectivity index (χ2n) is 6.36. The summed E-state index contributed by atoms with van der Waals surface area (Å²) in [6.07, 6.45) is 10.9. The van der Waals surface area contributed by atoms with Crippen molar-refractivity contribution in [2.75, 3.05) is 0 Å². The van der Waals surface area contributed by atoms with E-state index in [0.717, 1.165) is 29.9 Å². The van der Waals surface area contributed by atoms with Crippen molar-refractivity contribution in [3.63, 3.8) is 0 Å². The minimum absolute atomic E-state index is 0.0702. The zero-order chi connectivity index (χ0) is 16.9. The molecular formula is C19H24N4O. The van der Waals surface area contributed by atoms with Gasteiger partial charge in [0.25, 0.3) is 0 Å². The molecule has 1 amide bonds. The average Bonchev–Trinajstić information content (AvgIpc) is 2.98. The first-order chi connectivity index (χ1) is 11.6. The van der Waals surface area contributed by atoms with Gasteiger partial charge in [-0.3, -0.25) is 4.79 Å². The summed E-state index contributed by atoms with van der Waals surface area (Å²) in [5.41, 5.74) is 3.29. The van der Waals surface area contributed by atoms with Crippen LogP contribution in [0.15, 0.2) is 42.2 Å². The third kappa shape index (κ3) is 3.72. The molecule has 5 heteroatoms. The fraction of sp³-hybridized carbons (Fsp3) is 0.421. The molecular weight excluding hydrogens is 300 g/mol. The Hall–Kier alpha value is -2.43. The molecule has 1 unspecified atom stereocenters. The molecule has 0 aromatic carbocycles. The van der Waals surface area contributed by atoms with Crippen LogP contribution < -0.4 is 5.32 Å². The molecule has 0 fully saturated rings. The number of nitrogens with one attached hydrogen (secondary N) is 1. The van der Waals surface area contributed by atoms with Gasteiger partial charge in [-0.1, -0.05) is 17.7 Å². The Morgan fingerprint density at radius 3 is 2.96 bits per heavy atom. The number of aromatic nitrogens is 3. The van der Waals surface area contributed by atoms with Crippen molar-refractivity contribution in [3.05, 3.63) is 53.5 Å². The summed E-state index contributed by atoms with van der Waals surface area (Å²) in [5, 5.41) is 7.52. The molecule has 3 rings (SSSR count). The maximum atomic E-state index is 12.3. The summed E-state index contributed by atoms with van der Waals surface area (Å²) < 4.78 is 1.81. The van der Waals surface area contributed by atoms with Crippen molar-refractivity contribution in [2.45, 2.75) is 52.0 Å². The minimum atomic E-state index is -0.0702. The summed E-state index contributed by atoms with van der Waals surface area (Å²) in [6.45, 7) is 4.00. The van der Waals surface area contributed by atoms with Crippen LogP contribution in [0.1, 0.15) is 56.3 Å². The van der Waals surface area contributed by atoms with Crippen LogP contribution in [0.5, 0.6) is 0 Å². The molecule has 126 valence electrons. The van der Waals surface area contributed by atoms with Crippen molar-refractivity contribution in [3.8, 4) is 5.82 Å². The van der Waals surface area contributed by atoms with Crippen LogP contribution in [0.3, 0.4) is 0 Å². The van der Waals surface area contributed by atoms with Crippen molar-refractivity contribution in [1.82, 2.24) is 20.1 Å². The molecule has 0 spiro atoms. The molecule has 2 aromatic rings. The molecule has 0 saturated carbocycles. The highest BCUT2D eigenvalue weighted by molar-refractivity contribution is 5.79. The maximum Gasteiger partial charge on any atom is 0.224 e. The number of pyridine rings is 1. The first kappa shape index (κ1) is 16.4. The smallest absolute Gasteiger partial charge is 0.224 e. The number of amides is 1. The van der Waals surface area contributed by atoms with Crippen molar-refractivity contribution < 1.29 is 4.79 Å². The van der Waals surface area contributed by atoms with E-state index in [1.165, 1.54) is 18.4 Å². The monoisotopic (exact) mass is 324 g/mol. The maximum absolute atomic E-state index is 12.3. The van der Waals surface area contributed by atoms with Gasteiger partial charge in [0.15, 0.2) is 5.82 Å². The van der Waals surface area contributed by atoms with E-state index in [1.807, 2.05) is 42.9 Å². The third-order valence-electron chi connectivity index (χ3n) is 4.53. The van der Waals surface area contributed by atoms with Crippen LogP contribution in [0.4, 0.5) is 0 Å². The number of carbonyl (C=O) groups is 1. The van der Waals surface area contributed by atoms with Gasteiger partial charge < -0.3 is 5.32 Å². The van der Waals surface area contributed by atoms with Crippen molar-refractivity contribution in [1.29, 1.82) is 0 Å². The van der Waals surface area contributed by atoms with Crippen LogP contribution in [0, 0.1) is 6.92 Å². The second kappa shape index (κ2) is 7.43. The lowest BCUT2D eigenvalue weighted by molar-refractivity contribution is -0.121. The fourth-order valence-electron chi connectivity index (χ4n) is 3.20. The molecule has 1 aliphatic carbocycles. The van der Waals surface area contributed by atoms with Crippen molar-refractivity contribution in [2.24, 2.45) is 0 Å². The van der Waals surface area contributed by atoms with E-state index >= 15 is 0 Å². The lowest BCUT2D eigenvalue weighted by atomic mass is 9.97. The second-order valence-corrected chi connectivity index (χ2v) is 6.36. The number of allylic oxidation sites excluding steroid dienone is 1. The third-order valence-corrected chi connectivity index (χ3v) is 4.53. The Labute approximate surface area is 142 Å². The molecule has 0 aliphatic heterocycles.